The van der Waals surface area contributed by atoms with Gasteiger partial charge in [-0.3, -0.25) is 4.79 Å². The second-order valence-electron chi connectivity index (χ2n) is 6.23. The van der Waals surface area contributed by atoms with E-state index in [1.807, 2.05) is 45.8 Å². The fraction of sp³-hybridized carbons (Fsp3) is 0.500. The number of esters is 1. The Morgan fingerprint density at radius 1 is 1.24 bits per heavy atom. The van der Waals surface area contributed by atoms with Crippen molar-refractivity contribution in [3.05, 3.63) is 29.8 Å². The Hall–Kier alpha value is -2.04. The Balaban J connectivity index is 2.72. The highest BCUT2D eigenvalue weighted by atomic mass is 16.5. The minimum atomic E-state index is -0.834. The normalized spacial score (nSPS) is 12.5. The van der Waals surface area contributed by atoms with Gasteiger partial charge in [-0.05, 0) is 45.9 Å². The highest BCUT2D eigenvalue weighted by molar-refractivity contribution is 5.93. The molecule has 1 atom stereocenters. The van der Waals surface area contributed by atoms with Gasteiger partial charge in [0, 0.05) is 25.3 Å². The van der Waals surface area contributed by atoms with Crippen LogP contribution in [0.15, 0.2) is 24.3 Å². The van der Waals surface area contributed by atoms with Crippen molar-refractivity contribution in [3.63, 3.8) is 0 Å². The predicted molar refractivity (Wildman–Crippen MR) is 83.5 cm³/mol. The van der Waals surface area contributed by atoms with Crippen LogP contribution in [0.1, 0.15) is 38.1 Å². The molecule has 1 aromatic rings. The lowest BCUT2D eigenvalue weighted by Crippen LogP contribution is -2.46. The standard InChI is InChI=1S/C16H24N2O3/c1-11(14(19)17-16(2,3)4)21-15(20)12-8-7-9-13(10-12)18(5)6/h7-11H,1-6H3,(H,17,19). The highest BCUT2D eigenvalue weighted by Crippen LogP contribution is 2.15. The van der Waals surface area contributed by atoms with Crippen molar-refractivity contribution in [1.29, 1.82) is 0 Å². The molecule has 0 fully saturated rings. The number of hydrogen-bond donors (Lipinski definition) is 1. The highest BCUT2D eigenvalue weighted by Gasteiger charge is 2.23. The van der Waals surface area contributed by atoms with Crippen molar-refractivity contribution < 1.29 is 14.3 Å². The number of anilines is 1. The first kappa shape index (κ1) is 17.0. The average molecular weight is 292 g/mol. The number of ether oxygens (including phenoxy) is 1. The topological polar surface area (TPSA) is 58.6 Å². The second-order valence-corrected chi connectivity index (χ2v) is 6.23. The lowest BCUT2D eigenvalue weighted by atomic mass is 10.1. The average Bonchev–Trinajstić information content (AvgIpc) is 2.36. The maximum Gasteiger partial charge on any atom is 0.338 e. The minimum Gasteiger partial charge on any atom is -0.449 e. The zero-order valence-electron chi connectivity index (χ0n) is 13.6. The second kappa shape index (κ2) is 6.61. The maximum atomic E-state index is 12.1. The van der Waals surface area contributed by atoms with E-state index in [2.05, 4.69) is 5.32 Å². The molecule has 1 amide bonds. The van der Waals surface area contributed by atoms with Crippen LogP contribution in [-0.2, 0) is 9.53 Å². The molecular formula is C16H24N2O3. The van der Waals surface area contributed by atoms with E-state index < -0.39 is 12.1 Å². The molecule has 0 bridgehead atoms. The molecule has 5 nitrogen and oxygen atoms in total. The molecule has 0 aromatic heterocycles. The fourth-order valence-corrected chi connectivity index (χ4v) is 1.66. The first-order valence-corrected chi connectivity index (χ1v) is 6.90. The van der Waals surface area contributed by atoms with E-state index in [0.29, 0.717) is 5.56 Å². The summed E-state index contributed by atoms with van der Waals surface area (Å²) in [7, 11) is 3.79. The molecule has 116 valence electrons. The third kappa shape index (κ3) is 5.45. The van der Waals surface area contributed by atoms with E-state index >= 15 is 0 Å². The van der Waals surface area contributed by atoms with Gasteiger partial charge in [-0.2, -0.15) is 0 Å². The predicted octanol–water partition coefficient (Wildman–Crippen LogP) is 2.21. The first-order valence-electron chi connectivity index (χ1n) is 6.90. The van der Waals surface area contributed by atoms with Gasteiger partial charge in [-0.25, -0.2) is 4.79 Å². The summed E-state index contributed by atoms with van der Waals surface area (Å²) in [6.07, 6.45) is -0.834. The molecule has 0 heterocycles. The Bertz CT molecular complexity index is 518. The van der Waals surface area contributed by atoms with Crippen molar-refractivity contribution in [1.82, 2.24) is 5.32 Å². The van der Waals surface area contributed by atoms with Crippen molar-refractivity contribution in [2.75, 3.05) is 19.0 Å². The van der Waals surface area contributed by atoms with E-state index in [-0.39, 0.29) is 11.4 Å². The van der Waals surface area contributed by atoms with Gasteiger partial charge in [-0.15, -0.1) is 0 Å². The number of amides is 1. The van der Waals surface area contributed by atoms with Crippen LogP contribution in [0.4, 0.5) is 5.69 Å². The summed E-state index contributed by atoms with van der Waals surface area (Å²) in [6, 6.07) is 7.08. The molecular weight excluding hydrogens is 268 g/mol. The number of carbonyl (C=O) groups excluding carboxylic acids is 2. The molecule has 21 heavy (non-hydrogen) atoms. The number of carbonyl (C=O) groups is 2. The molecule has 1 unspecified atom stereocenters. The van der Waals surface area contributed by atoms with Gasteiger partial charge in [0.2, 0.25) is 0 Å². The van der Waals surface area contributed by atoms with Gasteiger partial charge in [0.1, 0.15) is 0 Å². The van der Waals surface area contributed by atoms with E-state index in [1.165, 1.54) is 0 Å². The van der Waals surface area contributed by atoms with Gasteiger partial charge >= 0.3 is 5.97 Å². The van der Waals surface area contributed by atoms with Crippen molar-refractivity contribution >= 4 is 17.6 Å². The molecule has 1 aromatic carbocycles. The molecule has 5 heteroatoms. The van der Waals surface area contributed by atoms with Crippen LogP contribution in [0, 0.1) is 0 Å². The summed E-state index contributed by atoms with van der Waals surface area (Å²) in [5.74, 6) is -0.810. The van der Waals surface area contributed by atoms with Crippen LogP contribution in [0.2, 0.25) is 0 Å². The number of nitrogens with zero attached hydrogens (tertiary/aromatic N) is 1. The Morgan fingerprint density at radius 3 is 2.38 bits per heavy atom. The van der Waals surface area contributed by atoms with Crippen LogP contribution in [-0.4, -0.2) is 37.6 Å². The fourth-order valence-electron chi connectivity index (χ4n) is 1.66. The van der Waals surface area contributed by atoms with Crippen LogP contribution in [0.5, 0.6) is 0 Å². The van der Waals surface area contributed by atoms with Crippen LogP contribution < -0.4 is 10.2 Å². The van der Waals surface area contributed by atoms with Gasteiger partial charge in [-0.1, -0.05) is 6.07 Å². The smallest absolute Gasteiger partial charge is 0.338 e. The molecule has 0 aliphatic carbocycles. The third-order valence-electron chi connectivity index (χ3n) is 2.75. The number of benzene rings is 1. The van der Waals surface area contributed by atoms with Gasteiger partial charge in [0.25, 0.3) is 5.91 Å². The van der Waals surface area contributed by atoms with Gasteiger partial charge in [0.15, 0.2) is 6.10 Å². The van der Waals surface area contributed by atoms with Crippen molar-refractivity contribution in [3.8, 4) is 0 Å². The summed E-state index contributed by atoms with van der Waals surface area (Å²) in [5.41, 5.74) is 0.968. The van der Waals surface area contributed by atoms with E-state index in [9.17, 15) is 9.59 Å². The number of rotatable bonds is 4. The lowest BCUT2D eigenvalue weighted by molar-refractivity contribution is -0.130. The Morgan fingerprint density at radius 2 is 1.86 bits per heavy atom. The zero-order valence-corrected chi connectivity index (χ0v) is 13.6. The monoisotopic (exact) mass is 292 g/mol. The molecule has 0 saturated carbocycles. The van der Waals surface area contributed by atoms with E-state index in [1.54, 1.807) is 25.1 Å². The molecule has 0 aliphatic heterocycles. The maximum absolute atomic E-state index is 12.1. The summed E-state index contributed by atoms with van der Waals surface area (Å²) in [5, 5.41) is 2.78. The molecule has 0 radical (unpaired) electrons. The quantitative estimate of drug-likeness (QED) is 0.864. The van der Waals surface area contributed by atoms with Crippen molar-refractivity contribution in [2.24, 2.45) is 0 Å². The molecule has 1 rings (SSSR count). The molecule has 0 spiro atoms. The van der Waals surface area contributed by atoms with E-state index in [0.717, 1.165) is 5.69 Å². The number of nitrogens with one attached hydrogen (secondary N) is 1. The van der Waals surface area contributed by atoms with Crippen LogP contribution in [0.25, 0.3) is 0 Å². The number of hydrogen-bond acceptors (Lipinski definition) is 4. The van der Waals surface area contributed by atoms with Gasteiger partial charge < -0.3 is 15.0 Å². The SMILES string of the molecule is CC(OC(=O)c1cccc(N(C)C)c1)C(=O)NC(C)(C)C. The Labute approximate surface area is 126 Å². The zero-order chi connectivity index (χ0) is 16.2. The summed E-state index contributed by atoms with van der Waals surface area (Å²) >= 11 is 0. The van der Waals surface area contributed by atoms with Crippen molar-refractivity contribution in [2.45, 2.75) is 39.3 Å². The Kier molecular flexibility index (Phi) is 5.35. The third-order valence-corrected chi connectivity index (χ3v) is 2.75. The summed E-state index contributed by atoms with van der Waals surface area (Å²) < 4.78 is 5.21. The largest absolute Gasteiger partial charge is 0.449 e. The summed E-state index contributed by atoms with van der Waals surface area (Å²) in [4.78, 5) is 25.9. The lowest BCUT2D eigenvalue weighted by Gasteiger charge is -2.23. The van der Waals surface area contributed by atoms with Crippen LogP contribution >= 0.6 is 0 Å². The molecule has 0 aliphatic rings. The summed E-state index contributed by atoms with van der Waals surface area (Å²) in [6.45, 7) is 7.19. The van der Waals surface area contributed by atoms with Crippen LogP contribution in [0.3, 0.4) is 0 Å². The molecule has 1 N–H and O–H groups in total. The van der Waals surface area contributed by atoms with Gasteiger partial charge in [0.05, 0.1) is 5.56 Å². The minimum absolute atomic E-state index is 0.306. The van der Waals surface area contributed by atoms with E-state index in [4.69, 9.17) is 4.74 Å². The molecule has 0 saturated heterocycles. The first-order chi connectivity index (χ1) is 9.60.